The van der Waals surface area contributed by atoms with Crippen LogP contribution in [-0.4, -0.2) is 67.1 Å². The Kier molecular flexibility index (Phi) is 10.8. The van der Waals surface area contributed by atoms with Gasteiger partial charge in [-0.1, -0.05) is 49.7 Å². The molecule has 1 aromatic heterocycles. The molecular formula is C29H39N3O4. The molecule has 3 aromatic rings. The number of aromatic amines is 1. The van der Waals surface area contributed by atoms with E-state index in [-0.39, 0.29) is 18.4 Å². The van der Waals surface area contributed by atoms with Crippen molar-refractivity contribution in [2.45, 2.75) is 45.6 Å². The topological polar surface area (TPSA) is 74.9 Å². The molecule has 36 heavy (non-hydrogen) atoms. The number of H-pyrrole nitrogens is 1. The Balaban J connectivity index is 1.79. The number of hydrogen-bond acceptors (Lipinski definition) is 4. The lowest BCUT2D eigenvalue weighted by atomic mass is 10.1. The molecular weight excluding hydrogens is 454 g/mol. The number of nitrogens with one attached hydrogen (secondary N) is 1. The quantitative estimate of drug-likeness (QED) is 0.309. The average Bonchev–Trinajstić information content (AvgIpc) is 3.32. The van der Waals surface area contributed by atoms with Crippen molar-refractivity contribution < 1.29 is 19.1 Å². The summed E-state index contributed by atoms with van der Waals surface area (Å²) in [5.74, 6) is 0.705. The molecule has 0 atom stereocenters. The summed E-state index contributed by atoms with van der Waals surface area (Å²) < 4.78 is 10.7. The van der Waals surface area contributed by atoms with Crippen LogP contribution in [0.25, 0.3) is 10.9 Å². The van der Waals surface area contributed by atoms with Crippen molar-refractivity contribution in [2.75, 3.05) is 40.5 Å². The number of carbonyl (C=O) groups is 2. The minimum atomic E-state index is -0.0667. The minimum absolute atomic E-state index is 0.0233. The summed E-state index contributed by atoms with van der Waals surface area (Å²) >= 11 is 0. The summed E-state index contributed by atoms with van der Waals surface area (Å²) in [6.45, 7) is 4.14. The number of unbranched alkanes of at least 4 members (excludes halogenated alkanes) is 1. The van der Waals surface area contributed by atoms with Gasteiger partial charge in [0.25, 0.3) is 0 Å². The zero-order valence-electron chi connectivity index (χ0n) is 21.8. The van der Waals surface area contributed by atoms with Crippen LogP contribution in [0.15, 0.2) is 54.7 Å². The monoisotopic (exact) mass is 493 g/mol. The number of methoxy groups -OCH3 is 2. The third kappa shape index (κ3) is 7.59. The van der Waals surface area contributed by atoms with Crippen LogP contribution in [0.4, 0.5) is 0 Å². The van der Waals surface area contributed by atoms with Gasteiger partial charge in [-0.25, -0.2) is 0 Å². The molecule has 0 aliphatic rings. The van der Waals surface area contributed by atoms with Crippen LogP contribution < -0.4 is 4.74 Å². The molecule has 0 saturated carbocycles. The molecule has 0 aliphatic heterocycles. The van der Waals surface area contributed by atoms with E-state index in [9.17, 15) is 9.59 Å². The number of carbonyl (C=O) groups excluding carboxylic acids is 2. The Labute approximate surface area is 214 Å². The number of aromatic nitrogens is 1. The molecule has 1 N–H and O–H groups in total. The largest absolute Gasteiger partial charge is 0.496 e. The van der Waals surface area contributed by atoms with Gasteiger partial charge in [0.05, 0.1) is 13.7 Å². The summed E-state index contributed by atoms with van der Waals surface area (Å²) in [7, 11) is 3.29. The van der Waals surface area contributed by atoms with E-state index in [1.807, 2.05) is 47.5 Å². The highest BCUT2D eigenvalue weighted by molar-refractivity contribution is 5.85. The van der Waals surface area contributed by atoms with Crippen LogP contribution in [-0.2, 0) is 27.3 Å². The maximum atomic E-state index is 13.6. The Morgan fingerprint density at radius 2 is 1.67 bits per heavy atom. The van der Waals surface area contributed by atoms with E-state index in [4.69, 9.17) is 9.47 Å². The first-order valence-corrected chi connectivity index (χ1v) is 12.8. The normalized spacial score (nSPS) is 11.0. The highest BCUT2D eigenvalue weighted by Gasteiger charge is 2.22. The second-order valence-corrected chi connectivity index (χ2v) is 9.00. The molecule has 1 heterocycles. The number of fused-ring (bicyclic) bond motifs is 1. The first-order valence-electron chi connectivity index (χ1n) is 12.8. The van der Waals surface area contributed by atoms with Gasteiger partial charge in [-0.15, -0.1) is 0 Å². The number of hydrogen-bond donors (Lipinski definition) is 1. The molecule has 0 fully saturated rings. The molecule has 0 unspecified atom stereocenters. The van der Waals surface area contributed by atoms with Gasteiger partial charge in [-0.3, -0.25) is 9.59 Å². The smallest absolute Gasteiger partial charge is 0.242 e. The number of nitrogens with zero attached hydrogens (tertiary/aromatic N) is 2. The summed E-state index contributed by atoms with van der Waals surface area (Å²) in [4.78, 5) is 33.4. The van der Waals surface area contributed by atoms with Crippen LogP contribution in [0, 0.1) is 0 Å². The van der Waals surface area contributed by atoms with Crippen LogP contribution in [0.2, 0.25) is 0 Å². The number of ether oxygens (including phenoxy) is 2. The Hall–Kier alpha value is -3.32. The van der Waals surface area contributed by atoms with E-state index in [1.54, 1.807) is 19.1 Å². The van der Waals surface area contributed by atoms with Gasteiger partial charge in [0.15, 0.2) is 0 Å². The molecule has 3 rings (SSSR count). The van der Waals surface area contributed by atoms with Crippen molar-refractivity contribution >= 4 is 22.7 Å². The molecule has 2 amide bonds. The molecule has 7 heteroatoms. The Morgan fingerprint density at radius 1 is 0.889 bits per heavy atom. The zero-order valence-corrected chi connectivity index (χ0v) is 21.8. The van der Waals surface area contributed by atoms with Crippen molar-refractivity contribution in [3.05, 3.63) is 65.9 Å². The lowest BCUT2D eigenvalue weighted by Gasteiger charge is -2.28. The second kappa shape index (κ2) is 14.3. The van der Waals surface area contributed by atoms with Crippen LogP contribution >= 0.6 is 0 Å². The third-order valence-electron chi connectivity index (χ3n) is 6.43. The van der Waals surface area contributed by atoms with Gasteiger partial charge in [0, 0.05) is 62.4 Å². The van der Waals surface area contributed by atoms with Gasteiger partial charge in [0.2, 0.25) is 11.8 Å². The van der Waals surface area contributed by atoms with Gasteiger partial charge in [-0.2, -0.15) is 0 Å². The maximum Gasteiger partial charge on any atom is 0.242 e. The van der Waals surface area contributed by atoms with Crippen molar-refractivity contribution in [2.24, 2.45) is 0 Å². The molecule has 194 valence electrons. The SMILES string of the molecule is CCCCC(=O)N(CCCOC)CC(=O)N(CCc1c[nH]c2ccccc12)Cc1ccccc1OC. The van der Waals surface area contributed by atoms with Crippen LogP contribution in [0.3, 0.4) is 0 Å². The average molecular weight is 494 g/mol. The Morgan fingerprint density at radius 3 is 2.44 bits per heavy atom. The predicted octanol–water partition coefficient (Wildman–Crippen LogP) is 4.80. The van der Waals surface area contributed by atoms with E-state index in [0.29, 0.717) is 45.5 Å². The number of para-hydroxylation sites is 2. The molecule has 0 aliphatic carbocycles. The fourth-order valence-electron chi connectivity index (χ4n) is 4.37. The van der Waals surface area contributed by atoms with Crippen molar-refractivity contribution in [3.8, 4) is 5.75 Å². The van der Waals surface area contributed by atoms with Gasteiger partial charge in [0.1, 0.15) is 5.75 Å². The molecule has 0 radical (unpaired) electrons. The lowest BCUT2D eigenvalue weighted by molar-refractivity contribution is -0.141. The fourth-order valence-corrected chi connectivity index (χ4v) is 4.37. The molecule has 0 spiro atoms. The van der Waals surface area contributed by atoms with Gasteiger partial charge >= 0.3 is 0 Å². The minimum Gasteiger partial charge on any atom is -0.496 e. The molecule has 7 nitrogen and oxygen atoms in total. The third-order valence-corrected chi connectivity index (χ3v) is 6.43. The predicted molar refractivity (Wildman–Crippen MR) is 143 cm³/mol. The highest BCUT2D eigenvalue weighted by atomic mass is 16.5. The lowest BCUT2D eigenvalue weighted by Crippen LogP contribution is -2.44. The number of amides is 2. The first-order chi connectivity index (χ1) is 17.6. The maximum absolute atomic E-state index is 13.6. The standard InChI is InChI=1S/C29H39N3O4/c1-4-5-15-28(33)31(17-10-19-35-2)22-29(34)32(21-24-11-6-9-14-27(24)36-3)18-16-23-20-30-26-13-8-7-12-25(23)26/h6-9,11-14,20,30H,4-5,10,15-19,21-22H2,1-3H3. The first kappa shape index (κ1) is 27.3. The van der Waals surface area contributed by atoms with E-state index in [1.165, 1.54) is 5.56 Å². The summed E-state index contributed by atoms with van der Waals surface area (Å²) in [5, 5.41) is 1.16. The van der Waals surface area contributed by atoms with E-state index < -0.39 is 0 Å². The second-order valence-electron chi connectivity index (χ2n) is 9.00. The summed E-state index contributed by atoms with van der Waals surface area (Å²) in [6, 6.07) is 15.9. The molecule has 0 bridgehead atoms. The van der Waals surface area contributed by atoms with E-state index in [2.05, 4.69) is 24.0 Å². The zero-order chi connectivity index (χ0) is 25.8. The van der Waals surface area contributed by atoms with E-state index >= 15 is 0 Å². The Bertz CT molecular complexity index is 1110. The highest BCUT2D eigenvalue weighted by Crippen LogP contribution is 2.22. The summed E-state index contributed by atoms with van der Waals surface area (Å²) in [5.41, 5.74) is 3.19. The van der Waals surface area contributed by atoms with Gasteiger partial charge in [-0.05, 0) is 37.0 Å². The van der Waals surface area contributed by atoms with Crippen LogP contribution in [0.1, 0.15) is 43.7 Å². The summed E-state index contributed by atoms with van der Waals surface area (Å²) in [6.07, 6.45) is 5.64. The van der Waals surface area contributed by atoms with E-state index in [0.717, 1.165) is 35.1 Å². The molecule has 2 aromatic carbocycles. The fraction of sp³-hybridized carbons (Fsp3) is 0.448. The van der Waals surface area contributed by atoms with Crippen molar-refractivity contribution in [1.82, 2.24) is 14.8 Å². The molecule has 0 saturated heterocycles. The van der Waals surface area contributed by atoms with Crippen molar-refractivity contribution in [3.63, 3.8) is 0 Å². The van der Waals surface area contributed by atoms with Crippen molar-refractivity contribution in [1.29, 1.82) is 0 Å². The van der Waals surface area contributed by atoms with Gasteiger partial charge < -0.3 is 24.3 Å². The number of benzene rings is 2. The van der Waals surface area contributed by atoms with Crippen LogP contribution in [0.5, 0.6) is 5.75 Å². The number of rotatable bonds is 15.